The summed E-state index contributed by atoms with van der Waals surface area (Å²) in [5, 5.41) is 12.3. The van der Waals surface area contributed by atoms with Crippen molar-refractivity contribution in [1.82, 2.24) is 4.98 Å². The number of pyridine rings is 1. The third-order valence-electron chi connectivity index (χ3n) is 3.03. The van der Waals surface area contributed by atoms with E-state index >= 15 is 0 Å². The second-order valence-electron chi connectivity index (χ2n) is 4.17. The van der Waals surface area contributed by atoms with Gasteiger partial charge in [-0.1, -0.05) is 0 Å². The summed E-state index contributed by atoms with van der Waals surface area (Å²) in [6.45, 7) is 0. The fraction of sp³-hybridized carbons (Fsp3) is 0.333. The summed E-state index contributed by atoms with van der Waals surface area (Å²) in [7, 11) is 0. The van der Waals surface area contributed by atoms with Gasteiger partial charge in [-0.05, 0) is 29.7 Å². The van der Waals surface area contributed by atoms with Crippen LogP contribution in [0.5, 0.6) is 0 Å². The van der Waals surface area contributed by atoms with E-state index in [-0.39, 0.29) is 0 Å². The average Bonchev–Trinajstić information content (AvgIpc) is 3.07. The molecule has 2 heterocycles. The molecular formula is C12H11N3S. The van der Waals surface area contributed by atoms with Crippen LogP contribution >= 0.6 is 11.3 Å². The molecule has 0 amide bonds. The highest BCUT2D eigenvalue weighted by molar-refractivity contribution is 7.17. The van der Waals surface area contributed by atoms with Gasteiger partial charge in [-0.3, -0.25) is 4.98 Å². The Bertz CT molecular complexity index is 577. The first-order chi connectivity index (χ1) is 7.81. The zero-order valence-corrected chi connectivity index (χ0v) is 9.50. The number of aromatic nitrogens is 1. The molecule has 0 aromatic carbocycles. The van der Waals surface area contributed by atoms with E-state index in [1.165, 1.54) is 23.8 Å². The minimum atomic E-state index is -0.566. The fourth-order valence-electron chi connectivity index (χ4n) is 2.04. The molecule has 4 heteroatoms. The molecule has 0 bridgehead atoms. The number of nitrogens with zero attached hydrogens (tertiary/aromatic N) is 2. The van der Waals surface area contributed by atoms with Gasteiger partial charge in [0.05, 0.1) is 10.8 Å². The van der Waals surface area contributed by atoms with Crippen LogP contribution < -0.4 is 5.73 Å². The van der Waals surface area contributed by atoms with Crippen LogP contribution in [0.2, 0.25) is 0 Å². The third-order valence-corrected chi connectivity index (χ3v) is 3.97. The zero-order valence-electron chi connectivity index (χ0n) is 8.68. The minimum absolute atomic E-state index is 0.566. The Hall–Kier alpha value is -1.44. The molecule has 1 atom stereocenters. The van der Waals surface area contributed by atoms with Gasteiger partial charge in [-0.15, -0.1) is 11.3 Å². The second kappa shape index (κ2) is 3.55. The first-order valence-electron chi connectivity index (χ1n) is 5.31. The SMILES string of the molecule is N#CC(N)c1cncc2scc(C3CC3)c12. The first-order valence-corrected chi connectivity index (χ1v) is 6.19. The van der Waals surface area contributed by atoms with Gasteiger partial charge in [-0.2, -0.15) is 5.26 Å². The third kappa shape index (κ3) is 1.41. The van der Waals surface area contributed by atoms with Crippen LogP contribution in [0.25, 0.3) is 10.1 Å². The first kappa shape index (κ1) is 9.76. The van der Waals surface area contributed by atoms with Crippen LogP contribution in [0.1, 0.15) is 35.9 Å². The second-order valence-corrected chi connectivity index (χ2v) is 5.09. The van der Waals surface area contributed by atoms with Gasteiger partial charge >= 0.3 is 0 Å². The lowest BCUT2D eigenvalue weighted by molar-refractivity contribution is 0.925. The molecule has 16 heavy (non-hydrogen) atoms. The van der Waals surface area contributed by atoms with Gasteiger partial charge in [0, 0.05) is 23.3 Å². The molecule has 1 saturated carbocycles. The number of thiophene rings is 1. The highest BCUT2D eigenvalue weighted by Gasteiger charge is 2.28. The molecule has 1 aliphatic rings. The molecule has 1 unspecified atom stereocenters. The predicted octanol–water partition coefficient (Wildman–Crippen LogP) is 2.70. The molecular weight excluding hydrogens is 218 g/mol. The molecule has 0 aliphatic heterocycles. The van der Waals surface area contributed by atoms with E-state index in [9.17, 15) is 0 Å². The van der Waals surface area contributed by atoms with Crippen molar-refractivity contribution in [3.05, 3.63) is 28.9 Å². The molecule has 2 aromatic heterocycles. The van der Waals surface area contributed by atoms with Crippen LogP contribution in [-0.2, 0) is 0 Å². The standard InChI is InChI=1S/C12H11N3S/c13-3-10(14)8-4-15-5-11-12(8)9(6-16-11)7-1-2-7/h4-7,10H,1-2,14H2. The van der Waals surface area contributed by atoms with Crippen molar-refractivity contribution >= 4 is 21.4 Å². The van der Waals surface area contributed by atoms with E-state index in [1.54, 1.807) is 17.5 Å². The summed E-state index contributed by atoms with van der Waals surface area (Å²) in [4.78, 5) is 4.15. The molecule has 2 N–H and O–H groups in total. The van der Waals surface area contributed by atoms with E-state index in [1.807, 2.05) is 6.20 Å². The molecule has 0 radical (unpaired) electrons. The van der Waals surface area contributed by atoms with E-state index in [4.69, 9.17) is 11.0 Å². The lowest BCUT2D eigenvalue weighted by Crippen LogP contribution is -2.08. The number of hydrogen-bond acceptors (Lipinski definition) is 4. The molecule has 0 saturated heterocycles. The van der Waals surface area contributed by atoms with Crippen molar-refractivity contribution in [3.8, 4) is 6.07 Å². The van der Waals surface area contributed by atoms with E-state index in [0.717, 1.165) is 10.3 Å². The van der Waals surface area contributed by atoms with Gasteiger partial charge in [0.2, 0.25) is 0 Å². The molecule has 3 nitrogen and oxygen atoms in total. The summed E-state index contributed by atoms with van der Waals surface area (Å²) in [6.07, 6.45) is 6.11. The Balaban J connectivity index is 2.26. The zero-order chi connectivity index (χ0) is 11.1. The van der Waals surface area contributed by atoms with E-state index in [2.05, 4.69) is 16.4 Å². The Labute approximate surface area is 97.5 Å². The minimum Gasteiger partial charge on any atom is -0.312 e. The largest absolute Gasteiger partial charge is 0.312 e. The van der Waals surface area contributed by atoms with Gasteiger partial charge in [0.25, 0.3) is 0 Å². The molecule has 2 aromatic rings. The van der Waals surface area contributed by atoms with Crippen LogP contribution in [0.4, 0.5) is 0 Å². The maximum atomic E-state index is 8.93. The Kier molecular flexibility index (Phi) is 2.16. The molecule has 80 valence electrons. The van der Waals surface area contributed by atoms with Crippen molar-refractivity contribution in [2.45, 2.75) is 24.8 Å². The normalized spacial score (nSPS) is 17.2. The van der Waals surface area contributed by atoms with E-state index in [0.29, 0.717) is 5.92 Å². The van der Waals surface area contributed by atoms with Crippen molar-refractivity contribution < 1.29 is 0 Å². The van der Waals surface area contributed by atoms with Crippen LogP contribution in [0.15, 0.2) is 17.8 Å². The number of hydrogen-bond donors (Lipinski definition) is 1. The lowest BCUT2D eigenvalue weighted by Gasteiger charge is -2.06. The Morgan fingerprint density at radius 2 is 2.31 bits per heavy atom. The van der Waals surface area contributed by atoms with Gasteiger partial charge in [0.15, 0.2) is 0 Å². The van der Waals surface area contributed by atoms with Crippen molar-refractivity contribution in [1.29, 1.82) is 5.26 Å². The molecule has 1 fully saturated rings. The number of fused-ring (bicyclic) bond motifs is 1. The Morgan fingerprint density at radius 3 is 3.00 bits per heavy atom. The summed E-state index contributed by atoms with van der Waals surface area (Å²) < 4.78 is 1.14. The number of nitriles is 1. The lowest BCUT2D eigenvalue weighted by atomic mass is 10.0. The number of nitrogens with two attached hydrogens (primary N) is 1. The predicted molar refractivity (Wildman–Crippen MR) is 64.1 cm³/mol. The number of rotatable bonds is 2. The van der Waals surface area contributed by atoms with Gasteiger partial charge in [-0.25, -0.2) is 0 Å². The maximum Gasteiger partial charge on any atom is 0.121 e. The highest BCUT2D eigenvalue weighted by Crippen LogP contribution is 2.46. The van der Waals surface area contributed by atoms with Crippen molar-refractivity contribution in [2.24, 2.45) is 5.73 Å². The maximum absolute atomic E-state index is 8.93. The summed E-state index contributed by atoms with van der Waals surface area (Å²) in [5.41, 5.74) is 8.05. The molecule has 0 spiro atoms. The average molecular weight is 229 g/mol. The van der Waals surface area contributed by atoms with E-state index < -0.39 is 6.04 Å². The summed E-state index contributed by atoms with van der Waals surface area (Å²) in [5.74, 6) is 0.681. The Morgan fingerprint density at radius 1 is 1.50 bits per heavy atom. The topological polar surface area (TPSA) is 62.7 Å². The van der Waals surface area contributed by atoms with Crippen LogP contribution in [-0.4, -0.2) is 4.98 Å². The van der Waals surface area contributed by atoms with Gasteiger partial charge in [0.1, 0.15) is 6.04 Å². The fourth-order valence-corrected chi connectivity index (χ4v) is 3.08. The summed E-state index contributed by atoms with van der Waals surface area (Å²) >= 11 is 1.70. The smallest absolute Gasteiger partial charge is 0.121 e. The van der Waals surface area contributed by atoms with Crippen molar-refractivity contribution in [3.63, 3.8) is 0 Å². The molecule has 3 rings (SSSR count). The quantitative estimate of drug-likeness (QED) is 0.861. The van der Waals surface area contributed by atoms with Crippen LogP contribution in [0, 0.1) is 11.3 Å². The summed E-state index contributed by atoms with van der Waals surface area (Å²) in [6, 6.07) is 1.53. The highest BCUT2D eigenvalue weighted by atomic mass is 32.1. The van der Waals surface area contributed by atoms with Gasteiger partial charge < -0.3 is 5.73 Å². The molecule has 1 aliphatic carbocycles. The van der Waals surface area contributed by atoms with Crippen LogP contribution in [0.3, 0.4) is 0 Å². The monoisotopic (exact) mass is 229 g/mol. The van der Waals surface area contributed by atoms with Crippen molar-refractivity contribution in [2.75, 3.05) is 0 Å².